The van der Waals surface area contributed by atoms with Gasteiger partial charge in [-0.25, -0.2) is 0 Å². The Labute approximate surface area is 159 Å². The van der Waals surface area contributed by atoms with Gasteiger partial charge >= 0.3 is 5.97 Å². The van der Waals surface area contributed by atoms with Crippen molar-refractivity contribution in [1.29, 1.82) is 0 Å². The third kappa shape index (κ3) is 3.97. The van der Waals surface area contributed by atoms with Crippen LogP contribution < -0.4 is 0 Å². The molecule has 0 radical (unpaired) electrons. The van der Waals surface area contributed by atoms with Crippen LogP contribution in [-0.2, 0) is 11.3 Å². The molecule has 0 atom stereocenters. The number of hydrogen-bond donors (Lipinski definition) is 2. The summed E-state index contributed by atoms with van der Waals surface area (Å²) < 4.78 is 2.06. The molecule has 2 N–H and O–H groups in total. The summed E-state index contributed by atoms with van der Waals surface area (Å²) in [5, 5.41) is 27.4. The topological polar surface area (TPSA) is 87.2 Å². The molecule has 1 aromatic carbocycles. The van der Waals surface area contributed by atoms with Crippen molar-refractivity contribution in [3.05, 3.63) is 49.8 Å². The van der Waals surface area contributed by atoms with Crippen LogP contribution in [0.5, 0.6) is 5.88 Å². The Kier molecular flexibility index (Phi) is 5.43. The normalized spacial score (nSPS) is 14.8. The van der Waals surface area contributed by atoms with Crippen LogP contribution in [0, 0.1) is 10.9 Å². The van der Waals surface area contributed by atoms with Gasteiger partial charge in [0, 0.05) is 24.1 Å². The Morgan fingerprint density at radius 2 is 2.08 bits per heavy atom. The molecular weight excluding hydrogens is 370 g/mol. The molecule has 1 aromatic heterocycles. The third-order valence-electron chi connectivity index (χ3n) is 3.91. The van der Waals surface area contributed by atoms with Crippen LogP contribution in [0.4, 0.5) is 0 Å². The number of carboxylic acid groups (broad SMARTS) is 1. The zero-order valence-electron chi connectivity index (χ0n) is 14.0. The van der Waals surface area contributed by atoms with Gasteiger partial charge in [-0.1, -0.05) is 29.8 Å². The Bertz CT molecular complexity index is 982. The van der Waals surface area contributed by atoms with E-state index in [2.05, 4.69) is 10.2 Å². The summed E-state index contributed by atoms with van der Waals surface area (Å²) in [4.78, 5) is 11.3. The quantitative estimate of drug-likeness (QED) is 0.733. The molecule has 6 nitrogen and oxygen atoms in total. The molecule has 0 saturated carbocycles. The first-order valence-electron chi connectivity index (χ1n) is 8.00. The number of aryl methyl sites for hydroxylation is 1. The first-order chi connectivity index (χ1) is 12.5. The Hall–Kier alpha value is -2.58. The fourth-order valence-electron chi connectivity index (χ4n) is 2.54. The predicted octanol–water partition coefficient (Wildman–Crippen LogP) is 4.03. The van der Waals surface area contributed by atoms with Crippen LogP contribution in [0.2, 0.25) is 0 Å². The number of nitrogens with zero attached hydrogens (tertiary/aromatic N) is 3. The molecule has 0 spiro atoms. The number of rotatable bonds is 6. The average Bonchev–Trinajstić information content (AvgIpc) is 3.15. The van der Waals surface area contributed by atoms with E-state index in [1.807, 2.05) is 31.2 Å². The lowest BCUT2D eigenvalue weighted by atomic mass is 10.0. The minimum Gasteiger partial charge on any atom is -0.493 e. The predicted molar refractivity (Wildman–Crippen MR) is 106 cm³/mol. The van der Waals surface area contributed by atoms with Crippen LogP contribution in [0.25, 0.3) is 6.08 Å². The molecule has 3 rings (SSSR count). The number of carboxylic acids is 1. The van der Waals surface area contributed by atoms with Crippen LogP contribution in [0.15, 0.2) is 40.0 Å². The molecule has 2 aromatic rings. The minimum atomic E-state index is -0.866. The van der Waals surface area contributed by atoms with Gasteiger partial charge in [-0.05, 0) is 31.6 Å². The minimum absolute atomic E-state index is 0.0321. The van der Waals surface area contributed by atoms with Crippen LogP contribution in [0.3, 0.4) is 0 Å². The number of hydrogen-bond acceptors (Lipinski definition) is 6. The van der Waals surface area contributed by atoms with Crippen molar-refractivity contribution >= 4 is 47.5 Å². The molecule has 26 heavy (non-hydrogen) atoms. The number of carbonyl (C=O) groups is 1. The van der Waals surface area contributed by atoms with E-state index in [4.69, 9.17) is 17.3 Å². The molecule has 0 amide bonds. The van der Waals surface area contributed by atoms with Gasteiger partial charge in [-0.2, -0.15) is 5.10 Å². The SMILES string of the molecule is Cc1ccc(C2=NN=C/C2=C\c2sc(=S)n(CCCC(=O)O)c2O)cc1. The van der Waals surface area contributed by atoms with Gasteiger partial charge in [0.2, 0.25) is 5.88 Å². The Morgan fingerprint density at radius 1 is 1.35 bits per heavy atom. The molecule has 2 heterocycles. The molecule has 0 aliphatic carbocycles. The summed E-state index contributed by atoms with van der Waals surface area (Å²) in [6.07, 6.45) is 3.89. The van der Waals surface area contributed by atoms with E-state index >= 15 is 0 Å². The van der Waals surface area contributed by atoms with E-state index < -0.39 is 5.97 Å². The summed E-state index contributed by atoms with van der Waals surface area (Å²) in [5.41, 5.74) is 3.63. The lowest BCUT2D eigenvalue weighted by Crippen LogP contribution is -2.03. The average molecular weight is 387 g/mol. The largest absolute Gasteiger partial charge is 0.493 e. The number of aromatic hydroxyl groups is 1. The zero-order chi connectivity index (χ0) is 18.7. The Morgan fingerprint density at radius 3 is 2.77 bits per heavy atom. The lowest BCUT2D eigenvalue weighted by molar-refractivity contribution is -0.137. The molecule has 0 bridgehead atoms. The summed E-state index contributed by atoms with van der Waals surface area (Å²) in [5.74, 6) is -0.823. The molecule has 1 aliphatic heterocycles. The second-order valence-electron chi connectivity index (χ2n) is 5.86. The van der Waals surface area contributed by atoms with Crippen molar-refractivity contribution in [2.75, 3.05) is 0 Å². The van der Waals surface area contributed by atoms with Gasteiger partial charge in [0.25, 0.3) is 0 Å². The molecule has 8 heteroatoms. The van der Waals surface area contributed by atoms with Gasteiger partial charge in [-0.15, -0.1) is 16.4 Å². The maximum Gasteiger partial charge on any atom is 0.303 e. The van der Waals surface area contributed by atoms with E-state index in [1.54, 1.807) is 16.9 Å². The molecule has 1 aliphatic rings. The number of allylic oxidation sites excluding steroid dienone is 1. The van der Waals surface area contributed by atoms with Gasteiger partial charge < -0.3 is 10.2 Å². The molecule has 0 unspecified atom stereocenters. The van der Waals surface area contributed by atoms with E-state index in [0.717, 1.165) is 22.4 Å². The van der Waals surface area contributed by atoms with Crippen molar-refractivity contribution in [3.63, 3.8) is 0 Å². The summed E-state index contributed by atoms with van der Waals surface area (Å²) in [6, 6.07) is 7.98. The number of aliphatic carboxylic acids is 1. The second kappa shape index (κ2) is 7.76. The van der Waals surface area contributed by atoms with Crippen LogP contribution in [0.1, 0.15) is 28.8 Å². The second-order valence-corrected chi connectivity index (χ2v) is 7.54. The monoisotopic (exact) mass is 387 g/mol. The van der Waals surface area contributed by atoms with Crippen molar-refractivity contribution in [2.45, 2.75) is 26.3 Å². The molecule has 134 valence electrons. The van der Waals surface area contributed by atoms with E-state index in [1.165, 1.54) is 11.3 Å². The molecule has 0 fully saturated rings. The first-order valence-corrected chi connectivity index (χ1v) is 9.22. The van der Waals surface area contributed by atoms with E-state index in [-0.39, 0.29) is 12.3 Å². The van der Waals surface area contributed by atoms with Gasteiger partial charge in [0.1, 0.15) is 5.71 Å². The molecular formula is C18H17N3O3S2. The van der Waals surface area contributed by atoms with E-state index in [9.17, 15) is 9.90 Å². The lowest BCUT2D eigenvalue weighted by Gasteiger charge is -2.04. The number of aromatic nitrogens is 1. The zero-order valence-corrected chi connectivity index (χ0v) is 15.7. The third-order valence-corrected chi connectivity index (χ3v) is 5.29. The van der Waals surface area contributed by atoms with Crippen molar-refractivity contribution in [2.24, 2.45) is 10.2 Å². The fraction of sp³-hybridized carbons (Fsp3) is 0.222. The summed E-state index contributed by atoms with van der Waals surface area (Å²) in [7, 11) is 0. The highest BCUT2D eigenvalue weighted by Gasteiger charge is 2.16. The van der Waals surface area contributed by atoms with Gasteiger partial charge in [-0.3, -0.25) is 9.36 Å². The van der Waals surface area contributed by atoms with Crippen molar-refractivity contribution in [3.8, 4) is 5.88 Å². The maximum atomic E-state index is 10.7. The summed E-state index contributed by atoms with van der Waals surface area (Å²) in [6.45, 7) is 2.38. The standard InChI is InChI=1S/C18H17N3O3S2/c1-11-4-6-12(7-5-11)16-13(10-19-20-16)9-14-17(24)21(18(25)26-14)8-2-3-15(22)23/h4-7,9-10,24H,2-3,8H2,1H3,(H,22,23)/b13-9+. The number of benzene rings is 1. The highest BCUT2D eigenvalue weighted by atomic mass is 32.1. The van der Waals surface area contributed by atoms with Crippen molar-refractivity contribution < 1.29 is 15.0 Å². The highest BCUT2D eigenvalue weighted by molar-refractivity contribution is 7.73. The number of thiazole rings is 1. The smallest absolute Gasteiger partial charge is 0.303 e. The van der Waals surface area contributed by atoms with Crippen LogP contribution >= 0.6 is 23.6 Å². The maximum absolute atomic E-state index is 10.7. The van der Waals surface area contributed by atoms with E-state index in [0.29, 0.717) is 21.8 Å². The van der Waals surface area contributed by atoms with Gasteiger partial charge in [0.05, 0.1) is 11.1 Å². The summed E-state index contributed by atoms with van der Waals surface area (Å²) >= 11 is 6.57. The highest BCUT2D eigenvalue weighted by Crippen LogP contribution is 2.30. The van der Waals surface area contributed by atoms with Crippen LogP contribution in [-0.4, -0.2) is 32.7 Å². The molecule has 0 saturated heterocycles. The van der Waals surface area contributed by atoms with Crippen molar-refractivity contribution in [1.82, 2.24) is 4.57 Å². The Balaban J connectivity index is 1.86. The van der Waals surface area contributed by atoms with Gasteiger partial charge in [0.15, 0.2) is 3.95 Å². The first kappa shape index (κ1) is 18.2. The fourth-order valence-corrected chi connectivity index (χ4v) is 3.85.